The third-order valence-corrected chi connectivity index (χ3v) is 6.35. The van der Waals surface area contributed by atoms with Gasteiger partial charge in [-0.2, -0.15) is 5.26 Å². The van der Waals surface area contributed by atoms with Gasteiger partial charge in [-0.1, -0.05) is 61.2 Å². The molecule has 4 aromatic carbocycles. The lowest BCUT2D eigenvalue weighted by Crippen LogP contribution is -1.94. The Morgan fingerprint density at radius 3 is 2.48 bits per heavy atom. The van der Waals surface area contributed by atoms with Crippen molar-refractivity contribution in [1.29, 1.82) is 5.26 Å². The van der Waals surface area contributed by atoms with Gasteiger partial charge in [-0.3, -0.25) is 0 Å². The summed E-state index contributed by atoms with van der Waals surface area (Å²) < 4.78 is 6.27. The first-order valence-corrected chi connectivity index (χ1v) is 10.4. The molecular formula is C28H12N4O. The Morgan fingerprint density at radius 1 is 0.848 bits per heavy atom. The number of rotatable bonds is 1. The van der Waals surface area contributed by atoms with Crippen molar-refractivity contribution >= 4 is 38.5 Å². The number of hydrogen-bond acceptors (Lipinski definition) is 4. The van der Waals surface area contributed by atoms with E-state index in [-0.39, 0.29) is 11.5 Å². The first kappa shape index (κ1) is 17.7. The Balaban J connectivity index is 1.72. The fraction of sp³-hybridized carbons (Fsp3) is 0. The SMILES string of the molecule is [C-]#[N+]c1ncc(-c2c3c(cc4oc5ccccc5c24)-c2cccc4cccc-3c24)nc1C#N. The molecule has 0 fully saturated rings. The summed E-state index contributed by atoms with van der Waals surface area (Å²) in [7, 11) is 0. The largest absolute Gasteiger partial charge is 0.456 e. The molecule has 0 unspecified atom stereocenters. The van der Waals surface area contributed by atoms with Crippen LogP contribution in [0.4, 0.5) is 5.82 Å². The fourth-order valence-corrected chi connectivity index (χ4v) is 5.07. The smallest absolute Gasteiger partial charge is 0.306 e. The predicted molar refractivity (Wildman–Crippen MR) is 128 cm³/mol. The number of nitrogens with zero attached hydrogens (tertiary/aromatic N) is 4. The Labute approximate surface area is 188 Å². The van der Waals surface area contributed by atoms with E-state index in [1.165, 1.54) is 10.8 Å². The number of para-hydroxylation sites is 1. The standard InChI is InChI=1S/C28H12N4O/c1-30-28-20(13-29)32-21(14-31-28)27-25-18-10-5-7-15-6-4-9-16(24(15)18)19(25)12-23-26(27)17-8-2-3-11-22(17)33-23/h2-12,14H. The van der Waals surface area contributed by atoms with Crippen molar-refractivity contribution in [3.8, 4) is 39.6 Å². The zero-order valence-corrected chi connectivity index (χ0v) is 17.1. The molecule has 5 heteroatoms. The van der Waals surface area contributed by atoms with Crippen LogP contribution in [0.15, 0.2) is 77.3 Å². The van der Waals surface area contributed by atoms with Gasteiger partial charge in [0.25, 0.3) is 0 Å². The second-order valence-electron chi connectivity index (χ2n) is 8.01. The summed E-state index contributed by atoms with van der Waals surface area (Å²) >= 11 is 0. The molecule has 2 heterocycles. The molecule has 33 heavy (non-hydrogen) atoms. The van der Waals surface area contributed by atoms with E-state index in [1.54, 1.807) is 6.20 Å². The van der Waals surface area contributed by atoms with Crippen molar-refractivity contribution in [2.75, 3.05) is 0 Å². The molecule has 7 rings (SSSR count). The van der Waals surface area contributed by atoms with Crippen molar-refractivity contribution in [3.63, 3.8) is 0 Å². The molecule has 0 atom stereocenters. The zero-order chi connectivity index (χ0) is 22.1. The number of nitriles is 1. The van der Waals surface area contributed by atoms with Gasteiger partial charge in [0.05, 0.1) is 0 Å². The fourth-order valence-electron chi connectivity index (χ4n) is 5.07. The second kappa shape index (κ2) is 6.26. The van der Waals surface area contributed by atoms with Gasteiger partial charge in [-0.05, 0) is 39.6 Å². The van der Waals surface area contributed by atoms with Crippen molar-refractivity contribution < 1.29 is 4.42 Å². The van der Waals surface area contributed by atoms with Crippen LogP contribution in [0.25, 0.3) is 71.1 Å². The maximum Gasteiger partial charge on any atom is 0.306 e. The number of benzene rings is 4. The molecule has 2 aromatic heterocycles. The van der Waals surface area contributed by atoms with Gasteiger partial charge >= 0.3 is 5.82 Å². The van der Waals surface area contributed by atoms with Crippen LogP contribution in [-0.4, -0.2) is 9.97 Å². The van der Waals surface area contributed by atoms with E-state index in [2.05, 4.69) is 57.3 Å². The molecule has 0 bridgehead atoms. The zero-order valence-electron chi connectivity index (χ0n) is 17.1. The lowest BCUT2D eigenvalue weighted by atomic mass is 9.92. The molecule has 0 saturated carbocycles. The third kappa shape index (κ3) is 2.23. The van der Waals surface area contributed by atoms with Crippen LogP contribution in [0.5, 0.6) is 0 Å². The summed E-state index contributed by atoms with van der Waals surface area (Å²) in [5.74, 6) is 0.00695. The van der Waals surface area contributed by atoms with Gasteiger partial charge in [0.15, 0.2) is 5.69 Å². The topological polar surface area (TPSA) is 67.1 Å². The van der Waals surface area contributed by atoms with E-state index in [4.69, 9.17) is 11.0 Å². The number of fused-ring (bicyclic) bond motifs is 6. The third-order valence-electron chi connectivity index (χ3n) is 6.35. The van der Waals surface area contributed by atoms with Crippen LogP contribution in [-0.2, 0) is 0 Å². The predicted octanol–water partition coefficient (Wildman–Crippen LogP) is 7.27. The quantitative estimate of drug-likeness (QED) is 0.262. The second-order valence-corrected chi connectivity index (χ2v) is 8.01. The highest BCUT2D eigenvalue weighted by molar-refractivity contribution is 6.25. The minimum atomic E-state index is 0.00695. The monoisotopic (exact) mass is 420 g/mol. The van der Waals surface area contributed by atoms with E-state index >= 15 is 0 Å². The van der Waals surface area contributed by atoms with Gasteiger partial charge < -0.3 is 9.26 Å². The number of hydrogen-bond donors (Lipinski definition) is 0. The maximum absolute atomic E-state index is 9.61. The molecule has 6 aromatic rings. The molecule has 0 amide bonds. The summed E-state index contributed by atoms with van der Waals surface area (Å²) in [5.41, 5.74) is 7.37. The molecular weight excluding hydrogens is 408 g/mol. The molecule has 5 nitrogen and oxygen atoms in total. The van der Waals surface area contributed by atoms with Gasteiger partial charge in [0, 0.05) is 21.9 Å². The van der Waals surface area contributed by atoms with Crippen LogP contribution in [0.3, 0.4) is 0 Å². The minimum Gasteiger partial charge on any atom is -0.456 e. The molecule has 1 aliphatic carbocycles. The molecule has 0 radical (unpaired) electrons. The Bertz CT molecular complexity index is 1900. The highest BCUT2D eigenvalue weighted by Gasteiger charge is 2.29. The molecule has 0 N–H and O–H groups in total. The molecule has 150 valence electrons. The summed E-state index contributed by atoms with van der Waals surface area (Å²) in [6, 6.07) is 24.7. The normalized spacial score (nSPS) is 11.6. The summed E-state index contributed by atoms with van der Waals surface area (Å²) in [6.45, 7) is 7.32. The Hall–Kier alpha value is -5.00. The van der Waals surface area contributed by atoms with Crippen LogP contribution < -0.4 is 0 Å². The van der Waals surface area contributed by atoms with Crippen molar-refractivity contribution in [2.24, 2.45) is 0 Å². The number of aromatic nitrogens is 2. The van der Waals surface area contributed by atoms with Gasteiger partial charge in [0.2, 0.25) is 0 Å². The first-order valence-electron chi connectivity index (χ1n) is 10.4. The average molecular weight is 420 g/mol. The van der Waals surface area contributed by atoms with Crippen molar-refractivity contribution in [2.45, 2.75) is 0 Å². The van der Waals surface area contributed by atoms with E-state index in [9.17, 15) is 5.26 Å². The van der Waals surface area contributed by atoms with E-state index in [0.29, 0.717) is 5.69 Å². The van der Waals surface area contributed by atoms with E-state index in [0.717, 1.165) is 49.8 Å². The Kier molecular flexibility index (Phi) is 3.35. The summed E-state index contributed by atoms with van der Waals surface area (Å²) in [6.07, 6.45) is 1.59. The summed E-state index contributed by atoms with van der Waals surface area (Å²) in [4.78, 5) is 12.2. The van der Waals surface area contributed by atoms with Gasteiger partial charge in [-0.15, -0.1) is 4.98 Å². The molecule has 0 saturated heterocycles. The van der Waals surface area contributed by atoms with E-state index in [1.807, 2.05) is 30.3 Å². The molecule has 0 aliphatic heterocycles. The van der Waals surface area contributed by atoms with Crippen LogP contribution in [0.1, 0.15) is 5.69 Å². The van der Waals surface area contributed by atoms with Gasteiger partial charge in [0.1, 0.15) is 29.1 Å². The maximum atomic E-state index is 9.61. The first-order chi connectivity index (χ1) is 16.3. The lowest BCUT2D eigenvalue weighted by Gasteiger charge is -2.11. The van der Waals surface area contributed by atoms with Crippen molar-refractivity contribution in [3.05, 3.63) is 90.0 Å². The number of furan rings is 1. The lowest BCUT2D eigenvalue weighted by molar-refractivity contribution is 0.669. The van der Waals surface area contributed by atoms with Crippen LogP contribution in [0, 0.1) is 17.9 Å². The van der Waals surface area contributed by atoms with Gasteiger partial charge in [-0.25, -0.2) is 4.98 Å². The Morgan fingerprint density at radius 2 is 1.67 bits per heavy atom. The van der Waals surface area contributed by atoms with E-state index < -0.39 is 0 Å². The highest BCUT2D eigenvalue weighted by Crippen LogP contribution is 2.54. The minimum absolute atomic E-state index is 0.00695. The van der Waals surface area contributed by atoms with Crippen molar-refractivity contribution in [1.82, 2.24) is 9.97 Å². The van der Waals surface area contributed by atoms with Crippen LogP contribution in [0.2, 0.25) is 0 Å². The highest BCUT2D eigenvalue weighted by atomic mass is 16.3. The summed E-state index contributed by atoms with van der Waals surface area (Å²) in [5, 5.41) is 13.9. The molecule has 1 aliphatic rings. The molecule has 0 spiro atoms. The average Bonchev–Trinajstić information content (AvgIpc) is 3.39. The van der Waals surface area contributed by atoms with Crippen LogP contribution >= 0.6 is 0 Å².